The first kappa shape index (κ1) is 22.7. The lowest BCUT2D eigenvalue weighted by molar-refractivity contribution is -0.136. The van der Waals surface area contributed by atoms with Gasteiger partial charge in [-0.2, -0.15) is 5.10 Å². The number of amides is 1. The molecule has 0 aliphatic heterocycles. The van der Waals surface area contributed by atoms with Crippen LogP contribution in [-0.4, -0.2) is 21.8 Å². The Bertz CT molecular complexity index is 1260. The fraction of sp³-hybridized carbons (Fsp3) is 0.111. The number of carbonyl (C=O) groups excluding carboxylic acids is 1. The van der Waals surface area contributed by atoms with Gasteiger partial charge in [-0.05, 0) is 49.2 Å². The van der Waals surface area contributed by atoms with E-state index in [0.29, 0.717) is 11.1 Å². The van der Waals surface area contributed by atoms with Gasteiger partial charge in [0.2, 0.25) is 0 Å². The molecule has 3 aromatic carbocycles. The van der Waals surface area contributed by atoms with E-state index in [1.165, 1.54) is 0 Å². The molecule has 0 fully saturated rings. The van der Waals surface area contributed by atoms with Crippen LogP contribution in [0.1, 0.15) is 28.1 Å². The van der Waals surface area contributed by atoms with Crippen LogP contribution in [0.15, 0.2) is 101 Å². The van der Waals surface area contributed by atoms with E-state index in [9.17, 15) is 9.90 Å². The van der Waals surface area contributed by atoms with E-state index >= 15 is 0 Å². The molecule has 6 heteroatoms. The van der Waals surface area contributed by atoms with Gasteiger partial charge in [0.15, 0.2) is 5.60 Å². The van der Waals surface area contributed by atoms with Gasteiger partial charge in [-0.25, -0.2) is 5.43 Å². The maximum absolute atomic E-state index is 13.2. The molecule has 0 radical (unpaired) electrons. The van der Waals surface area contributed by atoms with Gasteiger partial charge < -0.3 is 9.67 Å². The van der Waals surface area contributed by atoms with E-state index in [2.05, 4.69) is 31.0 Å². The van der Waals surface area contributed by atoms with Crippen molar-refractivity contribution in [3.63, 3.8) is 0 Å². The predicted octanol–water partition coefficient (Wildman–Crippen LogP) is 5.24. The van der Waals surface area contributed by atoms with Gasteiger partial charge in [-0.15, -0.1) is 0 Å². The first-order chi connectivity index (χ1) is 15.9. The zero-order valence-corrected chi connectivity index (χ0v) is 20.0. The highest BCUT2D eigenvalue weighted by Gasteiger charge is 2.39. The fourth-order valence-electron chi connectivity index (χ4n) is 3.96. The summed E-state index contributed by atoms with van der Waals surface area (Å²) in [6.45, 7) is 4.02. The second-order valence-corrected chi connectivity index (χ2v) is 8.70. The molecule has 4 rings (SSSR count). The quantitative estimate of drug-likeness (QED) is 0.280. The average molecular weight is 502 g/mol. The Balaban J connectivity index is 1.61. The van der Waals surface area contributed by atoms with Crippen LogP contribution in [0, 0.1) is 13.8 Å². The van der Waals surface area contributed by atoms with E-state index in [1.807, 2.05) is 56.3 Å². The average Bonchev–Trinajstić information content (AvgIpc) is 3.12. The van der Waals surface area contributed by atoms with Gasteiger partial charge >= 0.3 is 0 Å². The molecule has 33 heavy (non-hydrogen) atoms. The van der Waals surface area contributed by atoms with E-state index in [1.54, 1.807) is 54.7 Å². The Kier molecular flexibility index (Phi) is 6.58. The first-order valence-corrected chi connectivity index (χ1v) is 11.3. The Morgan fingerprint density at radius 2 is 1.55 bits per heavy atom. The number of nitrogens with zero attached hydrogens (tertiary/aromatic N) is 2. The van der Waals surface area contributed by atoms with Crippen molar-refractivity contribution in [2.24, 2.45) is 5.10 Å². The number of carbonyl (C=O) groups is 1. The molecule has 166 valence electrons. The highest BCUT2D eigenvalue weighted by molar-refractivity contribution is 9.10. The van der Waals surface area contributed by atoms with Crippen molar-refractivity contribution in [3.8, 4) is 5.69 Å². The summed E-state index contributed by atoms with van der Waals surface area (Å²) >= 11 is 3.52. The molecule has 0 aliphatic carbocycles. The Morgan fingerprint density at radius 3 is 2.12 bits per heavy atom. The first-order valence-electron chi connectivity index (χ1n) is 10.5. The van der Waals surface area contributed by atoms with Gasteiger partial charge in [0.25, 0.3) is 5.91 Å². The molecule has 4 aromatic rings. The summed E-state index contributed by atoms with van der Waals surface area (Å²) in [7, 11) is 0. The van der Waals surface area contributed by atoms with E-state index in [0.717, 1.165) is 27.1 Å². The minimum atomic E-state index is -1.87. The van der Waals surface area contributed by atoms with Crippen LogP contribution in [0.25, 0.3) is 5.69 Å². The third kappa shape index (κ3) is 4.53. The number of rotatable bonds is 6. The van der Waals surface area contributed by atoms with Gasteiger partial charge in [-0.3, -0.25) is 4.79 Å². The highest BCUT2D eigenvalue weighted by Crippen LogP contribution is 2.30. The van der Waals surface area contributed by atoms with Crippen molar-refractivity contribution in [3.05, 3.63) is 124 Å². The van der Waals surface area contributed by atoms with Crippen LogP contribution in [0.4, 0.5) is 0 Å². The standard InChI is InChI=1S/C27H24BrN3O2/c1-19-16-21(20(2)31(19)25-15-9-14-24(28)17-25)18-29-30-26(32)27(33,22-10-5-3-6-11-22)23-12-7-4-8-13-23/h3-18,33H,1-2H3,(H,30,32)/b29-18+. The molecular formula is C27H24BrN3O2. The van der Waals surface area contributed by atoms with Crippen molar-refractivity contribution in [1.82, 2.24) is 9.99 Å². The monoisotopic (exact) mass is 501 g/mol. The Labute approximate surface area is 201 Å². The molecule has 0 aliphatic rings. The number of aromatic nitrogens is 1. The molecule has 0 saturated heterocycles. The van der Waals surface area contributed by atoms with E-state index < -0.39 is 11.5 Å². The van der Waals surface area contributed by atoms with Crippen molar-refractivity contribution >= 4 is 28.1 Å². The van der Waals surface area contributed by atoms with Crippen LogP contribution in [0.3, 0.4) is 0 Å². The second-order valence-electron chi connectivity index (χ2n) is 7.78. The molecule has 0 unspecified atom stereocenters. The summed E-state index contributed by atoms with van der Waals surface area (Å²) in [5.74, 6) is -0.628. The molecule has 0 atom stereocenters. The molecule has 0 bridgehead atoms. The smallest absolute Gasteiger partial charge is 0.281 e. The summed E-state index contributed by atoms with van der Waals surface area (Å²) in [4.78, 5) is 13.2. The minimum Gasteiger partial charge on any atom is -0.372 e. The van der Waals surface area contributed by atoms with Crippen LogP contribution >= 0.6 is 15.9 Å². The molecule has 5 nitrogen and oxygen atoms in total. The summed E-state index contributed by atoms with van der Waals surface area (Å²) in [6, 6.07) is 27.8. The zero-order chi connectivity index (χ0) is 23.4. The number of benzene rings is 3. The molecule has 1 heterocycles. The lowest BCUT2D eigenvalue weighted by Crippen LogP contribution is -2.43. The fourth-order valence-corrected chi connectivity index (χ4v) is 4.35. The topological polar surface area (TPSA) is 66.6 Å². The molecular weight excluding hydrogens is 478 g/mol. The van der Waals surface area contributed by atoms with Gasteiger partial charge in [0.1, 0.15) is 0 Å². The maximum atomic E-state index is 13.2. The Morgan fingerprint density at radius 1 is 0.939 bits per heavy atom. The molecule has 1 aromatic heterocycles. The summed E-state index contributed by atoms with van der Waals surface area (Å²) in [5, 5.41) is 15.7. The van der Waals surface area contributed by atoms with Crippen LogP contribution in [-0.2, 0) is 10.4 Å². The number of nitrogens with one attached hydrogen (secondary N) is 1. The molecule has 0 spiro atoms. The van der Waals surface area contributed by atoms with E-state index in [-0.39, 0.29) is 0 Å². The van der Waals surface area contributed by atoms with Gasteiger partial charge in [0.05, 0.1) is 6.21 Å². The van der Waals surface area contributed by atoms with Crippen LogP contribution < -0.4 is 5.43 Å². The number of aryl methyl sites for hydroxylation is 1. The number of hydrogen-bond acceptors (Lipinski definition) is 3. The minimum absolute atomic E-state index is 0.469. The number of aliphatic hydroxyl groups is 1. The second kappa shape index (κ2) is 9.57. The SMILES string of the molecule is Cc1cc(/C=N/NC(=O)C(O)(c2ccccc2)c2ccccc2)c(C)n1-c1cccc(Br)c1. The summed E-state index contributed by atoms with van der Waals surface area (Å²) in [5.41, 5.74) is 5.55. The Hall–Kier alpha value is -3.48. The summed E-state index contributed by atoms with van der Waals surface area (Å²) in [6.07, 6.45) is 1.60. The predicted molar refractivity (Wildman–Crippen MR) is 135 cm³/mol. The van der Waals surface area contributed by atoms with E-state index in [4.69, 9.17) is 0 Å². The normalized spacial score (nSPS) is 11.6. The highest BCUT2D eigenvalue weighted by atomic mass is 79.9. The molecule has 1 amide bonds. The lowest BCUT2D eigenvalue weighted by atomic mass is 9.85. The molecule has 2 N–H and O–H groups in total. The van der Waals surface area contributed by atoms with Crippen molar-refractivity contribution in [2.45, 2.75) is 19.4 Å². The summed E-state index contributed by atoms with van der Waals surface area (Å²) < 4.78 is 3.12. The van der Waals surface area contributed by atoms with Crippen LogP contribution in [0.2, 0.25) is 0 Å². The van der Waals surface area contributed by atoms with Crippen molar-refractivity contribution in [1.29, 1.82) is 0 Å². The number of hydrogen-bond donors (Lipinski definition) is 2. The lowest BCUT2D eigenvalue weighted by Gasteiger charge is -2.27. The zero-order valence-electron chi connectivity index (χ0n) is 18.4. The number of hydrazone groups is 1. The largest absolute Gasteiger partial charge is 0.372 e. The van der Waals surface area contributed by atoms with Crippen LogP contribution in [0.5, 0.6) is 0 Å². The van der Waals surface area contributed by atoms with Crippen molar-refractivity contribution < 1.29 is 9.90 Å². The maximum Gasteiger partial charge on any atom is 0.281 e. The third-order valence-electron chi connectivity index (χ3n) is 5.62. The van der Waals surface area contributed by atoms with Crippen molar-refractivity contribution in [2.75, 3.05) is 0 Å². The number of halogens is 1. The van der Waals surface area contributed by atoms with Gasteiger partial charge in [0, 0.05) is 27.1 Å². The van der Waals surface area contributed by atoms with Gasteiger partial charge in [-0.1, -0.05) is 82.7 Å². The third-order valence-corrected chi connectivity index (χ3v) is 6.11. The molecule has 0 saturated carbocycles.